The number of hydrogen-bond acceptors (Lipinski definition) is 2. The van der Waals surface area contributed by atoms with Crippen molar-refractivity contribution in [3.63, 3.8) is 0 Å². The minimum absolute atomic E-state index is 0.891. The number of rotatable bonds is 5. The van der Waals surface area contributed by atoms with Crippen molar-refractivity contribution in [3.8, 4) is 0 Å². The molecule has 2 saturated heterocycles. The maximum absolute atomic E-state index is 5.13. The predicted molar refractivity (Wildman–Crippen MR) is 47.1 cm³/mol. The molecule has 0 bridgehead atoms. The third kappa shape index (κ3) is 2.20. The highest BCUT2D eigenvalue weighted by molar-refractivity contribution is 4.68. The summed E-state index contributed by atoms with van der Waals surface area (Å²) in [6.07, 6.45) is 5.55. The molecule has 0 amide bonds. The molecule has 0 aliphatic carbocycles. The average Bonchev–Trinajstić information content (AvgIpc) is 1.88. The van der Waals surface area contributed by atoms with Crippen LogP contribution in [0.1, 0.15) is 25.7 Å². The first kappa shape index (κ1) is 8.52. The molecule has 0 atom stereocenters. The third-order valence-electron chi connectivity index (χ3n) is 2.89. The lowest BCUT2D eigenvalue weighted by Crippen LogP contribution is -2.28. The van der Waals surface area contributed by atoms with Gasteiger partial charge in [0.05, 0.1) is 26.4 Å². The largest absolute Gasteiger partial charge is 0.381 e. The molecule has 0 radical (unpaired) electrons. The van der Waals surface area contributed by atoms with E-state index in [4.69, 9.17) is 9.47 Å². The highest BCUT2D eigenvalue weighted by atomic mass is 16.5. The van der Waals surface area contributed by atoms with Crippen LogP contribution < -0.4 is 0 Å². The summed E-state index contributed by atoms with van der Waals surface area (Å²) in [7, 11) is 0. The zero-order chi connectivity index (χ0) is 8.23. The Morgan fingerprint density at radius 1 is 0.750 bits per heavy atom. The van der Waals surface area contributed by atoms with Crippen molar-refractivity contribution in [2.24, 2.45) is 11.8 Å². The molecular formula is C10H18O2. The summed E-state index contributed by atoms with van der Waals surface area (Å²) < 4.78 is 10.3. The lowest BCUT2D eigenvalue weighted by Gasteiger charge is -2.27. The molecule has 2 heteroatoms. The van der Waals surface area contributed by atoms with Crippen LogP contribution in [0.15, 0.2) is 0 Å². The van der Waals surface area contributed by atoms with E-state index in [1.165, 1.54) is 25.7 Å². The van der Waals surface area contributed by atoms with E-state index >= 15 is 0 Å². The molecule has 0 aromatic carbocycles. The quantitative estimate of drug-likeness (QED) is 0.586. The van der Waals surface area contributed by atoms with Crippen LogP contribution in [0.5, 0.6) is 0 Å². The van der Waals surface area contributed by atoms with E-state index in [-0.39, 0.29) is 0 Å². The molecule has 2 heterocycles. The molecule has 0 N–H and O–H groups in total. The van der Waals surface area contributed by atoms with Crippen LogP contribution >= 0.6 is 0 Å². The van der Waals surface area contributed by atoms with Crippen LogP contribution in [-0.4, -0.2) is 26.4 Å². The molecule has 2 nitrogen and oxygen atoms in total. The molecule has 0 aromatic rings. The van der Waals surface area contributed by atoms with Crippen LogP contribution in [-0.2, 0) is 9.47 Å². The van der Waals surface area contributed by atoms with Gasteiger partial charge >= 0.3 is 0 Å². The maximum atomic E-state index is 5.13. The summed E-state index contributed by atoms with van der Waals surface area (Å²) in [4.78, 5) is 0. The zero-order valence-corrected chi connectivity index (χ0v) is 7.63. The highest BCUT2D eigenvalue weighted by Gasteiger charge is 2.19. The van der Waals surface area contributed by atoms with E-state index in [0.717, 1.165) is 38.3 Å². The Bertz CT molecular complexity index is 112. The van der Waals surface area contributed by atoms with E-state index in [9.17, 15) is 0 Å². The fourth-order valence-corrected chi connectivity index (χ4v) is 1.77. The Labute approximate surface area is 74.2 Å². The first-order valence-electron chi connectivity index (χ1n) is 5.10. The Hall–Kier alpha value is -0.0800. The smallest absolute Gasteiger partial charge is 0.0516 e. The van der Waals surface area contributed by atoms with Crippen LogP contribution in [0.4, 0.5) is 0 Å². The first-order chi connectivity index (χ1) is 5.95. The van der Waals surface area contributed by atoms with Gasteiger partial charge in [0.15, 0.2) is 0 Å². The summed E-state index contributed by atoms with van der Waals surface area (Å²) in [5.74, 6) is 1.78. The number of unbranched alkanes of at least 4 members (excludes halogenated alkanes) is 1. The maximum Gasteiger partial charge on any atom is 0.0516 e. The Balaban J connectivity index is 1.40. The van der Waals surface area contributed by atoms with Crippen molar-refractivity contribution in [1.82, 2.24) is 0 Å². The van der Waals surface area contributed by atoms with Crippen molar-refractivity contribution in [3.05, 3.63) is 0 Å². The molecule has 0 saturated carbocycles. The van der Waals surface area contributed by atoms with Gasteiger partial charge in [-0.05, 0) is 12.8 Å². The summed E-state index contributed by atoms with van der Waals surface area (Å²) in [5.41, 5.74) is 0. The Morgan fingerprint density at radius 2 is 1.17 bits per heavy atom. The lowest BCUT2D eigenvalue weighted by molar-refractivity contribution is -0.0430. The summed E-state index contributed by atoms with van der Waals surface area (Å²) in [6, 6.07) is 0. The number of hydrogen-bond donors (Lipinski definition) is 0. The zero-order valence-electron chi connectivity index (χ0n) is 7.63. The minimum atomic E-state index is 0.891. The fraction of sp³-hybridized carbons (Fsp3) is 1.00. The molecule has 0 spiro atoms. The summed E-state index contributed by atoms with van der Waals surface area (Å²) in [6.45, 7) is 4.08. The van der Waals surface area contributed by atoms with E-state index in [2.05, 4.69) is 0 Å². The molecule has 0 aromatic heterocycles. The van der Waals surface area contributed by atoms with Crippen molar-refractivity contribution in [2.45, 2.75) is 25.7 Å². The second-order valence-electron chi connectivity index (χ2n) is 4.09. The first-order valence-corrected chi connectivity index (χ1v) is 5.10. The van der Waals surface area contributed by atoms with Crippen molar-refractivity contribution in [1.29, 1.82) is 0 Å². The molecule has 2 aliphatic heterocycles. The predicted octanol–water partition coefficient (Wildman–Crippen LogP) is 1.84. The van der Waals surface area contributed by atoms with E-state index in [1.54, 1.807) is 0 Å². The normalized spacial score (nSPS) is 25.0. The van der Waals surface area contributed by atoms with Crippen LogP contribution in [0.3, 0.4) is 0 Å². The van der Waals surface area contributed by atoms with Gasteiger partial charge in [-0.15, -0.1) is 0 Å². The van der Waals surface area contributed by atoms with Gasteiger partial charge in [-0.1, -0.05) is 12.8 Å². The summed E-state index contributed by atoms with van der Waals surface area (Å²) >= 11 is 0. The lowest BCUT2D eigenvalue weighted by atomic mass is 9.95. The van der Waals surface area contributed by atoms with E-state index < -0.39 is 0 Å². The van der Waals surface area contributed by atoms with Crippen molar-refractivity contribution in [2.75, 3.05) is 26.4 Å². The molecule has 2 aliphatic rings. The third-order valence-corrected chi connectivity index (χ3v) is 2.89. The van der Waals surface area contributed by atoms with E-state index in [1.807, 2.05) is 0 Å². The van der Waals surface area contributed by atoms with Gasteiger partial charge in [-0.3, -0.25) is 0 Å². The fourth-order valence-electron chi connectivity index (χ4n) is 1.77. The molecular weight excluding hydrogens is 152 g/mol. The average molecular weight is 170 g/mol. The Morgan fingerprint density at radius 3 is 1.42 bits per heavy atom. The van der Waals surface area contributed by atoms with Gasteiger partial charge in [-0.25, -0.2) is 0 Å². The van der Waals surface area contributed by atoms with Crippen molar-refractivity contribution < 1.29 is 9.47 Å². The Kier molecular flexibility index (Phi) is 3.01. The van der Waals surface area contributed by atoms with E-state index in [0.29, 0.717) is 0 Å². The monoisotopic (exact) mass is 170 g/mol. The van der Waals surface area contributed by atoms with Gasteiger partial charge in [0.2, 0.25) is 0 Å². The molecule has 0 unspecified atom stereocenters. The van der Waals surface area contributed by atoms with Crippen LogP contribution in [0.25, 0.3) is 0 Å². The molecule has 2 fully saturated rings. The second-order valence-corrected chi connectivity index (χ2v) is 4.09. The summed E-state index contributed by atoms with van der Waals surface area (Å²) in [5, 5.41) is 0. The SMILES string of the molecule is C(CCC1COC1)CC1COC1. The number of ether oxygens (including phenoxy) is 2. The topological polar surface area (TPSA) is 18.5 Å². The van der Waals surface area contributed by atoms with Gasteiger partial charge in [0.1, 0.15) is 0 Å². The highest BCUT2D eigenvalue weighted by Crippen LogP contribution is 2.21. The van der Waals surface area contributed by atoms with Crippen molar-refractivity contribution >= 4 is 0 Å². The van der Waals surface area contributed by atoms with Gasteiger partial charge < -0.3 is 9.47 Å². The molecule has 70 valence electrons. The minimum Gasteiger partial charge on any atom is -0.381 e. The molecule has 2 rings (SSSR count). The molecule has 12 heavy (non-hydrogen) atoms. The van der Waals surface area contributed by atoms with Crippen LogP contribution in [0.2, 0.25) is 0 Å². The van der Waals surface area contributed by atoms with Gasteiger partial charge in [-0.2, -0.15) is 0 Å². The van der Waals surface area contributed by atoms with Gasteiger partial charge in [0.25, 0.3) is 0 Å². The standard InChI is InChI=1S/C10H18O2/c1(3-9-5-11-6-9)2-4-10-7-12-8-10/h9-10H,1-8H2. The van der Waals surface area contributed by atoms with Crippen LogP contribution in [0, 0.1) is 11.8 Å². The van der Waals surface area contributed by atoms with Gasteiger partial charge in [0, 0.05) is 11.8 Å². The second kappa shape index (κ2) is 4.24.